The van der Waals surface area contributed by atoms with Crippen molar-refractivity contribution in [1.29, 1.82) is 0 Å². The Balaban J connectivity index is 1.68. The summed E-state index contributed by atoms with van der Waals surface area (Å²) in [7, 11) is 1.62. The van der Waals surface area contributed by atoms with Crippen LogP contribution in [0, 0.1) is 0 Å². The monoisotopic (exact) mass is 348 g/mol. The van der Waals surface area contributed by atoms with Gasteiger partial charge in [0.05, 0.1) is 0 Å². The molecule has 1 aromatic rings. The average Bonchev–Trinajstić information content (AvgIpc) is 2.66. The number of fused-ring (bicyclic) bond motifs is 1. The molecule has 6 nitrogen and oxygen atoms in total. The van der Waals surface area contributed by atoms with Crippen molar-refractivity contribution >= 4 is 5.91 Å². The zero-order valence-corrected chi connectivity index (χ0v) is 15.3. The molecular weight excluding hydrogens is 320 g/mol. The third-order valence-electron chi connectivity index (χ3n) is 5.23. The highest BCUT2D eigenvalue weighted by Gasteiger charge is 2.40. The largest absolute Gasteiger partial charge is 0.486 e. The average molecular weight is 348 g/mol. The molecule has 1 fully saturated rings. The summed E-state index contributed by atoms with van der Waals surface area (Å²) in [6, 6.07) is 5.99. The van der Waals surface area contributed by atoms with E-state index in [4.69, 9.17) is 14.2 Å². The van der Waals surface area contributed by atoms with Gasteiger partial charge in [0.25, 0.3) is 5.91 Å². The Morgan fingerprint density at radius 1 is 1.24 bits per heavy atom. The van der Waals surface area contributed by atoms with Gasteiger partial charge < -0.3 is 24.8 Å². The fourth-order valence-corrected chi connectivity index (χ4v) is 3.38. The quantitative estimate of drug-likeness (QED) is 0.846. The van der Waals surface area contributed by atoms with Gasteiger partial charge in [-0.25, -0.2) is 0 Å². The van der Waals surface area contributed by atoms with Crippen LogP contribution in [0.4, 0.5) is 0 Å². The van der Waals surface area contributed by atoms with E-state index in [2.05, 4.69) is 24.5 Å². The predicted octanol–water partition coefficient (Wildman–Crippen LogP) is 1.62. The van der Waals surface area contributed by atoms with E-state index in [1.165, 1.54) is 0 Å². The lowest BCUT2D eigenvalue weighted by Crippen LogP contribution is -2.55. The molecule has 0 aliphatic carbocycles. The molecule has 6 heteroatoms. The van der Waals surface area contributed by atoms with Crippen molar-refractivity contribution in [3.8, 4) is 11.5 Å². The van der Waals surface area contributed by atoms with E-state index in [0.29, 0.717) is 32.6 Å². The summed E-state index contributed by atoms with van der Waals surface area (Å²) in [5, 5.41) is 6.37. The van der Waals surface area contributed by atoms with Crippen LogP contribution < -0.4 is 20.1 Å². The van der Waals surface area contributed by atoms with Crippen molar-refractivity contribution in [1.82, 2.24) is 10.6 Å². The molecule has 2 N–H and O–H groups in total. The maximum absolute atomic E-state index is 12.8. The van der Waals surface area contributed by atoms with E-state index >= 15 is 0 Å². The number of methoxy groups -OCH3 is 1. The van der Waals surface area contributed by atoms with Gasteiger partial charge in [-0.05, 0) is 43.6 Å². The van der Waals surface area contributed by atoms with Crippen molar-refractivity contribution in [2.75, 3.05) is 40.0 Å². The highest BCUT2D eigenvalue weighted by molar-refractivity contribution is 5.85. The number of nitrogens with one attached hydrogen (secondary N) is 2. The number of carbonyl (C=O) groups excluding carboxylic acids is 1. The molecule has 0 unspecified atom stereocenters. The number of amides is 1. The molecule has 0 atom stereocenters. The van der Waals surface area contributed by atoms with Gasteiger partial charge in [0.1, 0.15) is 18.8 Å². The zero-order valence-electron chi connectivity index (χ0n) is 15.3. The third kappa shape index (κ3) is 3.75. The Morgan fingerprint density at radius 2 is 1.92 bits per heavy atom. The van der Waals surface area contributed by atoms with Gasteiger partial charge in [-0.15, -0.1) is 0 Å². The first kappa shape index (κ1) is 18.0. The number of piperidine rings is 1. The van der Waals surface area contributed by atoms with Crippen molar-refractivity contribution in [2.45, 2.75) is 37.7 Å². The summed E-state index contributed by atoms with van der Waals surface area (Å²) >= 11 is 0. The Kier molecular flexibility index (Phi) is 5.20. The maximum atomic E-state index is 12.8. The van der Waals surface area contributed by atoms with Crippen LogP contribution in [0.25, 0.3) is 0 Å². The van der Waals surface area contributed by atoms with Crippen LogP contribution in [-0.2, 0) is 14.9 Å². The lowest BCUT2D eigenvalue weighted by molar-refractivity contribution is -0.146. The van der Waals surface area contributed by atoms with E-state index in [0.717, 1.165) is 30.2 Å². The lowest BCUT2D eigenvalue weighted by Gasteiger charge is -2.36. The van der Waals surface area contributed by atoms with Crippen molar-refractivity contribution in [3.05, 3.63) is 23.8 Å². The fraction of sp³-hybridized carbons (Fsp3) is 0.632. The summed E-state index contributed by atoms with van der Waals surface area (Å²) in [5.74, 6) is 1.53. The Hall–Kier alpha value is -1.79. The van der Waals surface area contributed by atoms with Crippen LogP contribution in [-0.4, -0.2) is 51.5 Å². The van der Waals surface area contributed by atoms with E-state index in [1.54, 1.807) is 7.11 Å². The molecule has 0 saturated carbocycles. The van der Waals surface area contributed by atoms with Gasteiger partial charge >= 0.3 is 0 Å². The fourth-order valence-electron chi connectivity index (χ4n) is 3.38. The molecule has 2 heterocycles. The predicted molar refractivity (Wildman–Crippen MR) is 95.3 cm³/mol. The Morgan fingerprint density at radius 3 is 2.60 bits per heavy atom. The van der Waals surface area contributed by atoms with Crippen LogP contribution in [0.3, 0.4) is 0 Å². The van der Waals surface area contributed by atoms with Gasteiger partial charge in [0, 0.05) is 19.1 Å². The molecule has 1 saturated heterocycles. The van der Waals surface area contributed by atoms with Crippen molar-refractivity contribution in [3.63, 3.8) is 0 Å². The number of ether oxygens (including phenoxy) is 3. The highest BCUT2D eigenvalue weighted by Crippen LogP contribution is 2.35. The summed E-state index contributed by atoms with van der Waals surface area (Å²) in [4.78, 5) is 12.8. The van der Waals surface area contributed by atoms with Gasteiger partial charge in [-0.2, -0.15) is 0 Å². The molecule has 0 bridgehead atoms. The number of hydrogen-bond donors (Lipinski definition) is 2. The summed E-state index contributed by atoms with van der Waals surface area (Å²) < 4.78 is 16.9. The molecule has 1 amide bonds. The lowest BCUT2D eigenvalue weighted by atomic mass is 9.83. The van der Waals surface area contributed by atoms with Crippen LogP contribution in [0.1, 0.15) is 32.3 Å². The molecule has 2 aliphatic rings. The minimum Gasteiger partial charge on any atom is -0.486 e. The second kappa shape index (κ2) is 7.22. The summed E-state index contributed by atoms with van der Waals surface area (Å²) in [5.41, 5.74) is 0.162. The number of hydrogen-bond acceptors (Lipinski definition) is 5. The number of carbonyl (C=O) groups is 1. The SMILES string of the molecule is COC1(C(=O)NCC(C)(C)c2ccc3c(c2)OCCO3)CCNCC1. The number of rotatable bonds is 5. The second-order valence-corrected chi connectivity index (χ2v) is 7.37. The molecule has 25 heavy (non-hydrogen) atoms. The first-order valence-corrected chi connectivity index (χ1v) is 8.91. The molecule has 0 radical (unpaired) electrons. The van der Waals surface area contributed by atoms with E-state index < -0.39 is 5.60 Å². The Bertz CT molecular complexity index is 624. The first-order chi connectivity index (χ1) is 12.0. The molecule has 1 aromatic carbocycles. The van der Waals surface area contributed by atoms with Crippen LogP contribution in [0.5, 0.6) is 11.5 Å². The minimum absolute atomic E-state index is 0.0258. The first-order valence-electron chi connectivity index (χ1n) is 8.91. The minimum atomic E-state index is -0.714. The van der Waals surface area contributed by atoms with Gasteiger partial charge in [-0.1, -0.05) is 19.9 Å². The Labute approximate surface area is 149 Å². The van der Waals surface area contributed by atoms with Crippen LogP contribution in [0.15, 0.2) is 18.2 Å². The molecular formula is C19H28N2O4. The molecule has 0 spiro atoms. The maximum Gasteiger partial charge on any atom is 0.252 e. The summed E-state index contributed by atoms with van der Waals surface area (Å²) in [6.07, 6.45) is 1.39. The van der Waals surface area contributed by atoms with Crippen LogP contribution in [0.2, 0.25) is 0 Å². The van der Waals surface area contributed by atoms with E-state index in [1.807, 2.05) is 18.2 Å². The highest BCUT2D eigenvalue weighted by atomic mass is 16.6. The van der Waals surface area contributed by atoms with E-state index in [9.17, 15) is 4.79 Å². The second-order valence-electron chi connectivity index (χ2n) is 7.37. The summed E-state index contributed by atoms with van der Waals surface area (Å²) in [6.45, 7) is 7.50. The molecule has 2 aliphatic heterocycles. The normalized spacial score (nSPS) is 19.3. The van der Waals surface area contributed by atoms with Gasteiger partial charge in [-0.3, -0.25) is 4.79 Å². The topological polar surface area (TPSA) is 68.8 Å². The smallest absolute Gasteiger partial charge is 0.252 e. The van der Waals surface area contributed by atoms with Crippen molar-refractivity contribution in [2.24, 2.45) is 0 Å². The third-order valence-corrected chi connectivity index (χ3v) is 5.23. The zero-order chi connectivity index (χ0) is 17.9. The van der Waals surface area contributed by atoms with Crippen LogP contribution >= 0.6 is 0 Å². The standard InChI is InChI=1S/C19H28N2O4/c1-18(2,14-4-5-15-16(12-14)25-11-10-24-15)13-21-17(22)19(23-3)6-8-20-9-7-19/h4-5,12,20H,6-11,13H2,1-3H3,(H,21,22). The van der Waals surface area contributed by atoms with Gasteiger partial charge in [0.2, 0.25) is 0 Å². The van der Waals surface area contributed by atoms with Gasteiger partial charge in [0.15, 0.2) is 11.5 Å². The molecule has 3 rings (SSSR count). The molecule has 0 aromatic heterocycles. The van der Waals surface area contributed by atoms with E-state index in [-0.39, 0.29) is 11.3 Å². The van der Waals surface area contributed by atoms with Crippen molar-refractivity contribution < 1.29 is 19.0 Å². The number of benzene rings is 1. The molecule has 138 valence electrons.